The van der Waals surface area contributed by atoms with E-state index in [0.717, 1.165) is 17.3 Å². The summed E-state index contributed by atoms with van der Waals surface area (Å²) in [5.41, 5.74) is 0. The summed E-state index contributed by atoms with van der Waals surface area (Å²) in [4.78, 5) is 11.3. The van der Waals surface area contributed by atoms with Gasteiger partial charge in [0.25, 0.3) is 0 Å². The van der Waals surface area contributed by atoms with Crippen LogP contribution in [0.3, 0.4) is 0 Å². The number of hydrogen-bond donors (Lipinski definition) is 0. The molecule has 0 amide bonds. The third-order valence-electron chi connectivity index (χ3n) is 3.11. The summed E-state index contributed by atoms with van der Waals surface area (Å²) in [6.45, 7) is 5.03. The number of halogens is 1. The fourth-order valence-corrected chi connectivity index (χ4v) is 3.37. The number of carbonyl (C=O) groups is 1. The predicted octanol–water partition coefficient (Wildman–Crippen LogP) is 2.54. The Morgan fingerprint density at radius 2 is 1.32 bits per heavy atom. The predicted molar refractivity (Wildman–Crippen MR) is 78.4 cm³/mol. The molecule has 0 spiro atoms. The van der Waals surface area contributed by atoms with Crippen molar-refractivity contribution in [3.8, 4) is 0 Å². The van der Waals surface area contributed by atoms with Crippen LogP contribution in [-0.4, -0.2) is 15.0 Å². The molecule has 19 heavy (non-hydrogen) atoms. The van der Waals surface area contributed by atoms with Crippen molar-refractivity contribution in [3.63, 3.8) is 0 Å². The summed E-state index contributed by atoms with van der Waals surface area (Å²) in [7, 11) is 0. The summed E-state index contributed by atoms with van der Waals surface area (Å²) < 4.78 is 6.39. The van der Waals surface area contributed by atoms with Gasteiger partial charge in [-0.15, -0.1) is 0 Å². The average Bonchev–Trinajstić information content (AvgIpc) is 2.42. The fraction of sp³-hybridized carbons (Fsp3) is 0.938. The monoisotopic (exact) mass is 383 g/mol. The summed E-state index contributed by atoms with van der Waals surface area (Å²) >= 11 is -0.339. The molecule has 0 heterocycles. The van der Waals surface area contributed by atoms with Gasteiger partial charge < -0.3 is 0 Å². The molecule has 0 aliphatic carbocycles. The van der Waals surface area contributed by atoms with E-state index >= 15 is 0 Å². The molecule has 0 saturated carbocycles. The number of ether oxygens (including phenoxy) is 1. The third kappa shape index (κ3) is 16.1. The zero-order chi connectivity index (χ0) is 14.2. The molecule has 0 aromatic carbocycles. The van der Waals surface area contributed by atoms with Gasteiger partial charge in [-0.05, 0) is 0 Å². The van der Waals surface area contributed by atoms with E-state index in [-0.39, 0.29) is 25.2 Å². The van der Waals surface area contributed by atoms with Crippen molar-refractivity contribution in [2.75, 3.05) is 11.0 Å². The standard InChI is InChI=1S/C16H32IO2/c1-3-5-6-7-8-9-10-11-12-13-15-19-16(18)17-14-4-2/h3-15H2,1-2H3/q-1. The van der Waals surface area contributed by atoms with Crippen LogP contribution in [0.2, 0.25) is 0 Å². The Labute approximate surface area is 130 Å². The van der Waals surface area contributed by atoms with Crippen LogP contribution in [0.5, 0.6) is 0 Å². The van der Waals surface area contributed by atoms with Crippen LogP contribution in [-0.2, 0) is 4.74 Å². The van der Waals surface area contributed by atoms with Crippen molar-refractivity contribution in [2.24, 2.45) is 0 Å². The second kappa shape index (κ2) is 16.3. The van der Waals surface area contributed by atoms with Gasteiger partial charge in [0.1, 0.15) is 0 Å². The molecule has 0 N–H and O–H groups in total. The Morgan fingerprint density at radius 1 is 0.789 bits per heavy atom. The SMILES string of the molecule is CCCCCCCCCCCCOC(=O)[I-]CCC. The molecule has 0 aliphatic rings. The number of hydrogen-bond acceptors (Lipinski definition) is 2. The molecule has 0 rings (SSSR count). The first-order valence-corrected chi connectivity index (χ1v) is 10.7. The van der Waals surface area contributed by atoms with Gasteiger partial charge >= 0.3 is 117 Å². The van der Waals surface area contributed by atoms with Gasteiger partial charge in [-0.1, -0.05) is 13.3 Å². The van der Waals surface area contributed by atoms with E-state index in [0.29, 0.717) is 6.61 Å². The maximum atomic E-state index is 11.3. The first kappa shape index (κ1) is 19.2. The maximum absolute atomic E-state index is 11.3. The molecule has 0 aliphatic heterocycles. The molecule has 2 nitrogen and oxygen atoms in total. The van der Waals surface area contributed by atoms with E-state index in [1.807, 2.05) is 0 Å². The van der Waals surface area contributed by atoms with Crippen LogP contribution >= 0.6 is 0 Å². The molecule has 0 saturated heterocycles. The number of carbonyl (C=O) groups excluding carboxylic acids is 1. The molecule has 0 aromatic heterocycles. The van der Waals surface area contributed by atoms with Crippen molar-refractivity contribution in [1.82, 2.24) is 0 Å². The molecule has 0 atom stereocenters. The van der Waals surface area contributed by atoms with Crippen molar-refractivity contribution in [3.05, 3.63) is 0 Å². The van der Waals surface area contributed by atoms with E-state index in [1.165, 1.54) is 57.8 Å². The fourth-order valence-electron chi connectivity index (χ4n) is 1.95. The Bertz CT molecular complexity index is 195. The van der Waals surface area contributed by atoms with E-state index in [2.05, 4.69) is 13.8 Å². The van der Waals surface area contributed by atoms with E-state index < -0.39 is 0 Å². The topological polar surface area (TPSA) is 26.3 Å². The molecule has 0 bridgehead atoms. The quantitative estimate of drug-likeness (QED) is 0.200. The van der Waals surface area contributed by atoms with Crippen LogP contribution in [0.25, 0.3) is 0 Å². The summed E-state index contributed by atoms with van der Waals surface area (Å²) in [5.74, 6) is 0. The molecule has 116 valence electrons. The van der Waals surface area contributed by atoms with Crippen molar-refractivity contribution in [1.29, 1.82) is 0 Å². The van der Waals surface area contributed by atoms with Gasteiger partial charge in [-0.3, -0.25) is 0 Å². The minimum atomic E-state index is -0.339. The normalized spacial score (nSPS) is 10.8. The molecule has 3 heteroatoms. The molecule has 0 aromatic rings. The van der Waals surface area contributed by atoms with Gasteiger partial charge in [-0.2, -0.15) is 0 Å². The first-order valence-electron chi connectivity index (χ1n) is 8.07. The van der Waals surface area contributed by atoms with Gasteiger partial charge in [0, 0.05) is 0 Å². The van der Waals surface area contributed by atoms with Crippen LogP contribution in [0.1, 0.15) is 84.5 Å². The zero-order valence-electron chi connectivity index (χ0n) is 12.9. The Kier molecular flexibility index (Phi) is 16.4. The number of unbranched alkanes of at least 4 members (excludes halogenated alkanes) is 9. The van der Waals surface area contributed by atoms with Crippen LogP contribution in [0.4, 0.5) is 4.79 Å². The summed E-state index contributed by atoms with van der Waals surface area (Å²) in [6, 6.07) is 0. The Hall–Kier alpha value is 0.200. The van der Waals surface area contributed by atoms with Crippen molar-refractivity contribution in [2.45, 2.75) is 84.5 Å². The zero-order valence-corrected chi connectivity index (χ0v) is 15.0. The second-order valence-electron chi connectivity index (χ2n) is 5.09. The van der Waals surface area contributed by atoms with Crippen LogP contribution in [0, 0.1) is 0 Å². The Balaban J connectivity index is 3.04. The van der Waals surface area contributed by atoms with Crippen LogP contribution in [0.15, 0.2) is 0 Å². The molecule has 0 fully saturated rings. The van der Waals surface area contributed by atoms with E-state index in [4.69, 9.17) is 4.74 Å². The minimum absolute atomic E-state index is 0.0941. The van der Waals surface area contributed by atoms with Crippen LogP contribution < -0.4 is 21.2 Å². The van der Waals surface area contributed by atoms with Gasteiger partial charge in [-0.25, -0.2) is 0 Å². The first-order chi connectivity index (χ1) is 9.31. The second-order valence-corrected chi connectivity index (χ2v) is 7.81. The average molecular weight is 383 g/mol. The van der Waals surface area contributed by atoms with Gasteiger partial charge in [0.15, 0.2) is 0 Å². The summed E-state index contributed by atoms with van der Waals surface area (Å²) in [6.07, 6.45) is 14.4. The number of alkyl halides is 1. The third-order valence-corrected chi connectivity index (χ3v) is 5.66. The molecular formula is C16H32IO2-. The molecular weight excluding hydrogens is 351 g/mol. The van der Waals surface area contributed by atoms with Gasteiger partial charge in [0.05, 0.1) is 0 Å². The van der Waals surface area contributed by atoms with Gasteiger partial charge in [0.2, 0.25) is 0 Å². The van der Waals surface area contributed by atoms with E-state index in [9.17, 15) is 4.79 Å². The summed E-state index contributed by atoms with van der Waals surface area (Å²) in [5, 5.41) is 0. The van der Waals surface area contributed by atoms with E-state index in [1.54, 1.807) is 0 Å². The number of rotatable bonds is 14. The Morgan fingerprint density at radius 3 is 1.84 bits per heavy atom. The van der Waals surface area contributed by atoms with Crippen molar-refractivity contribution < 1.29 is 30.7 Å². The molecule has 0 radical (unpaired) electrons. The van der Waals surface area contributed by atoms with Crippen molar-refractivity contribution >= 4 is 3.98 Å². The molecule has 0 unspecified atom stereocenters.